The Morgan fingerprint density at radius 1 is 1.07 bits per heavy atom. The van der Waals surface area contributed by atoms with Gasteiger partial charge in [0.1, 0.15) is 6.10 Å². The molecule has 3 aromatic rings. The molecule has 1 aromatic heterocycles. The highest BCUT2D eigenvalue weighted by Crippen LogP contribution is 2.39. The number of para-hydroxylation sites is 1. The molecule has 7 heteroatoms. The molecule has 1 N–H and O–H groups in total. The largest absolute Gasteiger partial charge is 0.407 e. The predicted octanol–water partition coefficient (Wildman–Crippen LogP) is 4.86. The first-order valence-electron chi connectivity index (χ1n) is 10.1. The van der Waals surface area contributed by atoms with E-state index in [1.165, 1.54) is 4.68 Å². The molecule has 0 fully saturated rings. The van der Waals surface area contributed by atoms with Crippen LogP contribution < -0.4 is 11.0 Å². The third-order valence-electron chi connectivity index (χ3n) is 5.69. The van der Waals surface area contributed by atoms with Gasteiger partial charge in [0.15, 0.2) is 14.1 Å². The van der Waals surface area contributed by atoms with Crippen LogP contribution in [-0.2, 0) is 4.43 Å². The number of fused-ring (bicyclic) bond motifs is 1. The number of hydrogen-bond acceptors (Lipinski definition) is 4. The number of carbonyl (C=O) groups excluding carboxylic acids is 1. The van der Waals surface area contributed by atoms with Gasteiger partial charge in [-0.25, -0.2) is 4.98 Å². The summed E-state index contributed by atoms with van der Waals surface area (Å²) in [6.45, 7) is 12.6. The molecule has 30 heavy (non-hydrogen) atoms. The molecule has 0 unspecified atom stereocenters. The minimum absolute atomic E-state index is 0.00345. The molecular weight excluding hydrogens is 394 g/mol. The van der Waals surface area contributed by atoms with E-state index >= 15 is 0 Å². The van der Waals surface area contributed by atoms with Crippen LogP contribution in [0.4, 0.5) is 0 Å². The van der Waals surface area contributed by atoms with E-state index < -0.39 is 14.4 Å². The topological polar surface area (TPSA) is 73.2 Å². The van der Waals surface area contributed by atoms with Crippen molar-refractivity contribution in [2.24, 2.45) is 0 Å². The molecule has 0 radical (unpaired) electrons. The summed E-state index contributed by atoms with van der Waals surface area (Å²) in [6.07, 6.45) is -0.473. The molecule has 158 valence electrons. The molecule has 0 aliphatic carbocycles. The third-order valence-corrected chi connectivity index (χ3v) is 10.2. The number of aromatic nitrogens is 2. The number of hydrogen-bond donors (Lipinski definition) is 1. The van der Waals surface area contributed by atoms with Gasteiger partial charge in [-0.3, -0.25) is 15.0 Å². The minimum Gasteiger partial charge on any atom is -0.407 e. The Balaban J connectivity index is 2.09. The Morgan fingerprint density at radius 3 is 2.30 bits per heavy atom. The number of nitrogens with one attached hydrogen (secondary N) is 1. The number of carbonyl (C=O) groups is 1. The lowest BCUT2D eigenvalue weighted by molar-refractivity contribution is 0.100. The van der Waals surface area contributed by atoms with Crippen molar-refractivity contribution in [3.63, 3.8) is 0 Å². The van der Waals surface area contributed by atoms with Crippen molar-refractivity contribution >= 4 is 25.1 Å². The second-order valence-electron chi connectivity index (χ2n) is 8.96. The molecular formula is C23H29N3O3Si. The summed E-state index contributed by atoms with van der Waals surface area (Å²) in [4.78, 5) is 30.7. The van der Waals surface area contributed by atoms with Crippen molar-refractivity contribution in [2.45, 2.75) is 51.9 Å². The van der Waals surface area contributed by atoms with Crippen molar-refractivity contribution in [1.29, 1.82) is 0 Å². The quantitative estimate of drug-likeness (QED) is 0.595. The lowest BCUT2D eigenvalue weighted by atomic mass is 10.2. The second-order valence-corrected chi connectivity index (χ2v) is 13.7. The summed E-state index contributed by atoms with van der Waals surface area (Å²) in [5, 5.41) is 0.436. The first-order chi connectivity index (χ1) is 14.0. The summed E-state index contributed by atoms with van der Waals surface area (Å²) >= 11 is 0. The van der Waals surface area contributed by atoms with Gasteiger partial charge in [-0.1, -0.05) is 51.1 Å². The van der Waals surface area contributed by atoms with E-state index in [9.17, 15) is 9.59 Å². The van der Waals surface area contributed by atoms with Crippen molar-refractivity contribution in [2.75, 3.05) is 5.43 Å². The fraction of sp³-hybridized carbons (Fsp3) is 0.348. The summed E-state index contributed by atoms with van der Waals surface area (Å²) in [5.41, 5.74) is 3.44. The van der Waals surface area contributed by atoms with Gasteiger partial charge < -0.3 is 4.43 Å². The smallest absolute Gasteiger partial charge is 0.280 e. The van der Waals surface area contributed by atoms with Crippen LogP contribution in [0.2, 0.25) is 18.1 Å². The lowest BCUT2D eigenvalue weighted by Crippen LogP contribution is -2.43. The van der Waals surface area contributed by atoms with Crippen LogP contribution in [0, 0.1) is 0 Å². The minimum atomic E-state index is -2.13. The Kier molecular flexibility index (Phi) is 5.96. The molecule has 0 bridgehead atoms. The molecule has 1 heterocycles. The number of benzene rings is 2. The van der Waals surface area contributed by atoms with Gasteiger partial charge in [-0.2, -0.15) is 4.68 Å². The summed E-state index contributed by atoms with van der Waals surface area (Å²) < 4.78 is 7.72. The normalized spacial score (nSPS) is 13.3. The summed E-state index contributed by atoms with van der Waals surface area (Å²) in [7, 11) is -2.13. The van der Waals surface area contributed by atoms with Crippen LogP contribution in [-0.4, -0.2) is 23.9 Å². The van der Waals surface area contributed by atoms with Crippen molar-refractivity contribution < 1.29 is 9.22 Å². The van der Waals surface area contributed by atoms with E-state index in [1.54, 1.807) is 42.5 Å². The first kappa shape index (κ1) is 21.9. The van der Waals surface area contributed by atoms with E-state index in [4.69, 9.17) is 9.41 Å². The Labute approximate surface area is 178 Å². The molecule has 0 aliphatic rings. The number of nitrogens with zero attached hydrogens (tertiary/aromatic N) is 2. The van der Waals surface area contributed by atoms with Gasteiger partial charge in [0, 0.05) is 5.56 Å². The number of amides is 1. The standard InChI is InChI=1S/C23H29N3O3Si/c1-16(29-30(5,6)23(2,3)4)20-24-19-15-11-10-14-18(19)22(28)26(20)25-21(27)17-12-8-7-9-13-17/h7-16H,1-6H3,(H,25,27)/t16-/m0/s1. The van der Waals surface area contributed by atoms with Gasteiger partial charge in [-0.15, -0.1) is 0 Å². The second kappa shape index (κ2) is 8.16. The molecule has 0 saturated heterocycles. The average molecular weight is 424 g/mol. The highest BCUT2D eigenvalue weighted by molar-refractivity contribution is 6.74. The summed E-state index contributed by atoms with van der Waals surface area (Å²) in [5.74, 6) is 0.00311. The van der Waals surface area contributed by atoms with Crippen LogP contribution >= 0.6 is 0 Å². The van der Waals surface area contributed by atoms with Crippen LogP contribution in [0.1, 0.15) is 50.0 Å². The van der Waals surface area contributed by atoms with Crippen molar-refractivity contribution in [3.05, 3.63) is 76.3 Å². The highest BCUT2D eigenvalue weighted by Gasteiger charge is 2.39. The molecule has 1 atom stereocenters. The predicted molar refractivity (Wildman–Crippen MR) is 123 cm³/mol. The maximum Gasteiger partial charge on any atom is 0.280 e. The van der Waals surface area contributed by atoms with Crippen LogP contribution in [0.25, 0.3) is 10.9 Å². The summed E-state index contributed by atoms with van der Waals surface area (Å²) in [6, 6.07) is 15.9. The zero-order valence-electron chi connectivity index (χ0n) is 18.4. The van der Waals surface area contributed by atoms with Crippen molar-refractivity contribution in [1.82, 2.24) is 9.66 Å². The van der Waals surface area contributed by atoms with E-state index in [0.717, 1.165) is 0 Å². The number of rotatable bonds is 5. The Morgan fingerprint density at radius 2 is 1.67 bits per heavy atom. The van der Waals surface area contributed by atoms with Crippen LogP contribution in [0.5, 0.6) is 0 Å². The molecule has 6 nitrogen and oxygen atoms in total. The van der Waals surface area contributed by atoms with E-state index in [-0.39, 0.29) is 16.5 Å². The first-order valence-corrected chi connectivity index (χ1v) is 13.0. The van der Waals surface area contributed by atoms with Gasteiger partial charge in [0.25, 0.3) is 11.5 Å². The van der Waals surface area contributed by atoms with E-state index in [1.807, 2.05) is 19.1 Å². The van der Waals surface area contributed by atoms with E-state index in [2.05, 4.69) is 39.3 Å². The van der Waals surface area contributed by atoms with Gasteiger partial charge in [0.2, 0.25) is 0 Å². The maximum atomic E-state index is 13.2. The van der Waals surface area contributed by atoms with Gasteiger partial charge in [0.05, 0.1) is 10.9 Å². The van der Waals surface area contributed by atoms with Gasteiger partial charge >= 0.3 is 0 Å². The lowest BCUT2D eigenvalue weighted by Gasteiger charge is -2.38. The maximum absolute atomic E-state index is 13.2. The molecule has 3 rings (SSSR count). The SMILES string of the molecule is C[C@H](O[Si](C)(C)C(C)(C)C)c1nc2ccccc2c(=O)n1NC(=O)c1ccccc1. The van der Waals surface area contributed by atoms with Gasteiger partial charge in [-0.05, 0) is 49.3 Å². The Hall–Kier alpha value is -2.77. The fourth-order valence-corrected chi connectivity index (χ4v) is 4.30. The third kappa shape index (κ3) is 4.37. The molecule has 0 spiro atoms. The van der Waals surface area contributed by atoms with Crippen molar-refractivity contribution in [3.8, 4) is 0 Å². The van der Waals surface area contributed by atoms with Crippen LogP contribution in [0.3, 0.4) is 0 Å². The molecule has 1 amide bonds. The average Bonchev–Trinajstić information content (AvgIpc) is 2.69. The zero-order valence-corrected chi connectivity index (χ0v) is 19.4. The highest BCUT2D eigenvalue weighted by atomic mass is 28.4. The molecule has 2 aromatic carbocycles. The van der Waals surface area contributed by atoms with E-state index in [0.29, 0.717) is 22.3 Å². The zero-order chi connectivity index (χ0) is 22.1. The fourth-order valence-electron chi connectivity index (χ4n) is 2.96. The molecule has 0 aliphatic heterocycles. The Bertz CT molecular complexity index is 1120. The molecule has 0 saturated carbocycles. The monoisotopic (exact) mass is 423 g/mol. The van der Waals surface area contributed by atoms with Crippen LogP contribution in [0.15, 0.2) is 59.4 Å².